The largest absolute Gasteiger partial charge is 0.444 e. The Kier molecular flexibility index (Phi) is 6.04. The van der Waals surface area contributed by atoms with Crippen LogP contribution in [0.3, 0.4) is 0 Å². The molecule has 1 saturated carbocycles. The number of alkyl carbamates (subject to hydrolysis) is 1. The molecule has 1 aliphatic carbocycles. The molecule has 0 aliphatic heterocycles. The Hall–Kier alpha value is -1.56. The van der Waals surface area contributed by atoms with E-state index in [0.717, 1.165) is 44.3 Å². The second-order valence-electron chi connectivity index (χ2n) is 7.38. The third-order valence-electron chi connectivity index (χ3n) is 4.03. The highest BCUT2D eigenvalue weighted by Crippen LogP contribution is 2.19. The SMILES string of the molecule is Cn1ccc(CCNC2CCC(NC(=O)OC(C)(C)C)CC2)n1. The van der Waals surface area contributed by atoms with E-state index in [9.17, 15) is 4.79 Å². The smallest absolute Gasteiger partial charge is 0.407 e. The first-order valence-corrected chi connectivity index (χ1v) is 8.53. The molecule has 0 spiro atoms. The van der Waals surface area contributed by atoms with E-state index in [4.69, 9.17) is 4.74 Å². The monoisotopic (exact) mass is 322 g/mol. The van der Waals surface area contributed by atoms with Crippen molar-refractivity contribution in [2.24, 2.45) is 7.05 Å². The molecule has 130 valence electrons. The van der Waals surface area contributed by atoms with Crippen LogP contribution in [0.4, 0.5) is 4.79 Å². The summed E-state index contributed by atoms with van der Waals surface area (Å²) in [6, 6.07) is 2.83. The minimum atomic E-state index is -0.436. The number of aryl methyl sites for hydroxylation is 1. The van der Waals surface area contributed by atoms with Gasteiger partial charge in [0.1, 0.15) is 5.60 Å². The summed E-state index contributed by atoms with van der Waals surface area (Å²) < 4.78 is 7.14. The van der Waals surface area contributed by atoms with E-state index in [1.807, 2.05) is 38.7 Å². The Morgan fingerprint density at radius 3 is 2.52 bits per heavy atom. The zero-order valence-electron chi connectivity index (χ0n) is 14.8. The molecule has 1 aromatic heterocycles. The number of hydrogen-bond acceptors (Lipinski definition) is 4. The van der Waals surface area contributed by atoms with E-state index in [0.29, 0.717) is 6.04 Å². The second kappa shape index (κ2) is 7.81. The molecule has 1 heterocycles. The van der Waals surface area contributed by atoms with E-state index < -0.39 is 5.60 Å². The van der Waals surface area contributed by atoms with Gasteiger partial charge in [0, 0.05) is 38.3 Å². The number of rotatable bonds is 5. The van der Waals surface area contributed by atoms with Crippen LogP contribution in [0.1, 0.15) is 52.1 Å². The fourth-order valence-corrected chi connectivity index (χ4v) is 2.92. The van der Waals surface area contributed by atoms with Gasteiger partial charge in [0.2, 0.25) is 0 Å². The molecule has 6 nitrogen and oxygen atoms in total. The summed E-state index contributed by atoms with van der Waals surface area (Å²) in [5.74, 6) is 0. The zero-order chi connectivity index (χ0) is 16.9. The van der Waals surface area contributed by atoms with Gasteiger partial charge in [-0.3, -0.25) is 4.68 Å². The summed E-state index contributed by atoms with van der Waals surface area (Å²) in [5.41, 5.74) is 0.689. The Bertz CT molecular complexity index is 499. The van der Waals surface area contributed by atoms with Crippen LogP contribution in [-0.4, -0.2) is 40.1 Å². The summed E-state index contributed by atoms with van der Waals surface area (Å²) >= 11 is 0. The third-order valence-corrected chi connectivity index (χ3v) is 4.03. The van der Waals surface area contributed by atoms with Gasteiger partial charge in [0.05, 0.1) is 5.69 Å². The maximum absolute atomic E-state index is 11.8. The molecule has 2 rings (SSSR count). The second-order valence-corrected chi connectivity index (χ2v) is 7.38. The molecule has 0 aromatic carbocycles. The quantitative estimate of drug-likeness (QED) is 0.873. The molecule has 1 aliphatic rings. The summed E-state index contributed by atoms with van der Waals surface area (Å²) in [7, 11) is 1.94. The van der Waals surface area contributed by atoms with Gasteiger partial charge in [-0.2, -0.15) is 5.10 Å². The van der Waals surface area contributed by atoms with Crippen molar-refractivity contribution in [1.82, 2.24) is 20.4 Å². The van der Waals surface area contributed by atoms with E-state index in [1.54, 1.807) is 0 Å². The number of nitrogens with zero attached hydrogens (tertiary/aromatic N) is 2. The lowest BCUT2D eigenvalue weighted by Gasteiger charge is -2.30. The first-order valence-electron chi connectivity index (χ1n) is 8.53. The van der Waals surface area contributed by atoms with Crippen molar-refractivity contribution < 1.29 is 9.53 Å². The standard InChI is InChI=1S/C17H30N4O2/c1-17(2,3)23-16(22)19-14-7-5-13(6-8-14)18-11-9-15-10-12-21(4)20-15/h10,12-14,18H,5-9,11H2,1-4H3,(H,19,22). The predicted octanol–water partition coefficient (Wildman–Crippen LogP) is 2.39. The van der Waals surface area contributed by atoms with Crippen LogP contribution in [0.15, 0.2) is 12.3 Å². The van der Waals surface area contributed by atoms with Crippen LogP contribution >= 0.6 is 0 Å². The van der Waals surface area contributed by atoms with Gasteiger partial charge in [-0.1, -0.05) is 0 Å². The Morgan fingerprint density at radius 2 is 1.96 bits per heavy atom. The van der Waals surface area contributed by atoms with Crippen molar-refractivity contribution in [3.05, 3.63) is 18.0 Å². The molecule has 1 amide bonds. The van der Waals surface area contributed by atoms with Gasteiger partial charge < -0.3 is 15.4 Å². The van der Waals surface area contributed by atoms with Crippen LogP contribution in [0.5, 0.6) is 0 Å². The highest BCUT2D eigenvalue weighted by atomic mass is 16.6. The number of amides is 1. The van der Waals surface area contributed by atoms with Gasteiger partial charge in [0.25, 0.3) is 0 Å². The van der Waals surface area contributed by atoms with E-state index in [2.05, 4.69) is 21.8 Å². The van der Waals surface area contributed by atoms with E-state index in [-0.39, 0.29) is 12.1 Å². The first-order chi connectivity index (χ1) is 10.8. The molecule has 0 saturated heterocycles. The van der Waals surface area contributed by atoms with Gasteiger partial charge in [-0.15, -0.1) is 0 Å². The van der Waals surface area contributed by atoms with Crippen molar-refractivity contribution in [2.45, 2.75) is 70.6 Å². The lowest BCUT2D eigenvalue weighted by Crippen LogP contribution is -2.44. The molecule has 23 heavy (non-hydrogen) atoms. The molecule has 0 unspecified atom stereocenters. The summed E-state index contributed by atoms with van der Waals surface area (Å²) in [5, 5.41) is 11.0. The summed E-state index contributed by atoms with van der Waals surface area (Å²) in [6.45, 7) is 6.60. The highest BCUT2D eigenvalue weighted by Gasteiger charge is 2.24. The molecule has 0 bridgehead atoms. The van der Waals surface area contributed by atoms with Crippen LogP contribution in [0, 0.1) is 0 Å². The van der Waals surface area contributed by atoms with Crippen LogP contribution < -0.4 is 10.6 Å². The predicted molar refractivity (Wildman–Crippen MR) is 90.3 cm³/mol. The molecule has 1 aromatic rings. The molecule has 0 atom stereocenters. The average Bonchev–Trinajstić information content (AvgIpc) is 2.84. The topological polar surface area (TPSA) is 68.2 Å². The maximum Gasteiger partial charge on any atom is 0.407 e. The van der Waals surface area contributed by atoms with Crippen molar-refractivity contribution in [3.63, 3.8) is 0 Å². The van der Waals surface area contributed by atoms with Crippen LogP contribution in [0.25, 0.3) is 0 Å². The lowest BCUT2D eigenvalue weighted by molar-refractivity contribution is 0.0490. The zero-order valence-corrected chi connectivity index (χ0v) is 14.8. The average molecular weight is 322 g/mol. The fraction of sp³-hybridized carbons (Fsp3) is 0.765. The normalized spacial score (nSPS) is 21.9. The number of hydrogen-bond donors (Lipinski definition) is 2. The van der Waals surface area contributed by atoms with Crippen molar-refractivity contribution in [2.75, 3.05) is 6.54 Å². The maximum atomic E-state index is 11.8. The number of nitrogens with one attached hydrogen (secondary N) is 2. The molecular formula is C17H30N4O2. The molecule has 2 N–H and O–H groups in total. The van der Waals surface area contributed by atoms with Crippen LogP contribution in [0.2, 0.25) is 0 Å². The lowest BCUT2D eigenvalue weighted by atomic mass is 9.91. The molecule has 0 radical (unpaired) electrons. The van der Waals surface area contributed by atoms with Gasteiger partial charge in [0.15, 0.2) is 0 Å². The third kappa shape index (κ3) is 6.60. The minimum absolute atomic E-state index is 0.235. The first kappa shape index (κ1) is 17.8. The van der Waals surface area contributed by atoms with Crippen molar-refractivity contribution in [3.8, 4) is 0 Å². The number of carbonyl (C=O) groups is 1. The minimum Gasteiger partial charge on any atom is -0.444 e. The van der Waals surface area contributed by atoms with Crippen LogP contribution in [-0.2, 0) is 18.2 Å². The van der Waals surface area contributed by atoms with E-state index in [1.165, 1.54) is 0 Å². The van der Waals surface area contributed by atoms with Crippen molar-refractivity contribution >= 4 is 6.09 Å². The Morgan fingerprint density at radius 1 is 1.30 bits per heavy atom. The Labute approximate surface area is 139 Å². The van der Waals surface area contributed by atoms with Crippen molar-refractivity contribution in [1.29, 1.82) is 0 Å². The van der Waals surface area contributed by atoms with Gasteiger partial charge in [-0.05, 0) is 52.5 Å². The molecular weight excluding hydrogens is 292 g/mol. The fourth-order valence-electron chi connectivity index (χ4n) is 2.92. The number of ether oxygens (including phenoxy) is 1. The van der Waals surface area contributed by atoms with E-state index >= 15 is 0 Å². The molecule has 1 fully saturated rings. The Balaban J connectivity index is 1.61. The summed E-state index contributed by atoms with van der Waals surface area (Å²) in [6.07, 6.45) is 6.80. The molecule has 6 heteroatoms. The van der Waals surface area contributed by atoms with Gasteiger partial charge in [-0.25, -0.2) is 4.79 Å². The summed E-state index contributed by atoms with van der Waals surface area (Å²) in [4.78, 5) is 11.8. The van der Waals surface area contributed by atoms with Gasteiger partial charge >= 0.3 is 6.09 Å². The highest BCUT2D eigenvalue weighted by molar-refractivity contribution is 5.68. The number of aromatic nitrogens is 2. The number of carbonyl (C=O) groups excluding carboxylic acids is 1.